The second-order valence-corrected chi connectivity index (χ2v) is 4.57. The second kappa shape index (κ2) is 4.64. The molecular weight excluding hydrogens is 238 g/mol. The normalized spacial score (nSPS) is 12.4. The molecule has 0 radical (unpaired) electrons. The summed E-state index contributed by atoms with van der Waals surface area (Å²) >= 11 is 1.36. The fraction of sp³-hybridized carbons (Fsp3) is 0.300. The number of nitrogens with zero attached hydrogens (tertiary/aromatic N) is 3. The number of hydrogen-bond donors (Lipinski definition) is 2. The van der Waals surface area contributed by atoms with Crippen molar-refractivity contribution in [3.05, 3.63) is 29.3 Å². The highest BCUT2D eigenvalue weighted by molar-refractivity contribution is 7.14. The minimum Gasteiger partial charge on any atom is -0.330 e. The predicted octanol–water partition coefficient (Wildman–Crippen LogP) is 1.15. The zero-order chi connectivity index (χ0) is 12.4. The number of carbonyl (C=O) groups is 1. The first-order valence-electron chi connectivity index (χ1n) is 5.06. The van der Waals surface area contributed by atoms with Crippen LogP contribution in [-0.2, 0) is 7.05 Å². The number of nitrogens with two attached hydrogens (primary N) is 1. The number of amides is 1. The van der Waals surface area contributed by atoms with Crippen LogP contribution >= 0.6 is 11.3 Å². The molecule has 2 heterocycles. The van der Waals surface area contributed by atoms with Crippen LogP contribution in [0.4, 0.5) is 5.13 Å². The summed E-state index contributed by atoms with van der Waals surface area (Å²) in [5.41, 5.74) is 6.96. The minimum absolute atomic E-state index is 0.131. The molecule has 2 aromatic heterocycles. The lowest BCUT2D eigenvalue weighted by Crippen LogP contribution is -2.15. The van der Waals surface area contributed by atoms with Gasteiger partial charge in [-0.1, -0.05) is 0 Å². The number of aryl methyl sites for hydroxylation is 1. The summed E-state index contributed by atoms with van der Waals surface area (Å²) in [6.45, 7) is 1.85. The first-order valence-corrected chi connectivity index (χ1v) is 5.94. The molecule has 0 aliphatic rings. The summed E-state index contributed by atoms with van der Waals surface area (Å²) in [6, 6.07) is -0.131. The largest absolute Gasteiger partial charge is 0.330 e. The third-order valence-corrected chi connectivity index (χ3v) is 3.03. The van der Waals surface area contributed by atoms with Crippen LogP contribution in [0.5, 0.6) is 0 Å². The molecule has 7 heteroatoms. The standard InChI is InChI=1S/C10H13N5OS/c1-6(11)7-4-17-10(13-7)14-9(16)8-3-12-5-15(8)2/h3-6H,11H2,1-2H3,(H,13,14,16). The Labute approximate surface area is 102 Å². The molecule has 0 bridgehead atoms. The van der Waals surface area contributed by atoms with Gasteiger partial charge in [0.25, 0.3) is 5.91 Å². The lowest BCUT2D eigenvalue weighted by molar-refractivity contribution is 0.101. The van der Waals surface area contributed by atoms with Crippen LogP contribution in [-0.4, -0.2) is 20.4 Å². The van der Waals surface area contributed by atoms with E-state index in [2.05, 4.69) is 15.3 Å². The molecule has 1 atom stereocenters. The fourth-order valence-electron chi connectivity index (χ4n) is 1.29. The number of imidazole rings is 1. The van der Waals surface area contributed by atoms with Crippen LogP contribution < -0.4 is 11.1 Å². The Hall–Kier alpha value is -1.73. The van der Waals surface area contributed by atoms with Gasteiger partial charge in [0.15, 0.2) is 5.13 Å². The molecule has 0 spiro atoms. The van der Waals surface area contributed by atoms with Crippen molar-refractivity contribution in [1.82, 2.24) is 14.5 Å². The summed E-state index contributed by atoms with van der Waals surface area (Å²) in [5, 5.41) is 5.09. The van der Waals surface area contributed by atoms with Crippen molar-refractivity contribution < 1.29 is 4.79 Å². The van der Waals surface area contributed by atoms with Crippen molar-refractivity contribution in [1.29, 1.82) is 0 Å². The quantitative estimate of drug-likeness (QED) is 0.856. The monoisotopic (exact) mass is 251 g/mol. The maximum absolute atomic E-state index is 11.8. The summed E-state index contributed by atoms with van der Waals surface area (Å²) in [6.07, 6.45) is 3.08. The molecule has 3 N–H and O–H groups in total. The van der Waals surface area contributed by atoms with Crippen molar-refractivity contribution in [2.75, 3.05) is 5.32 Å². The first-order chi connectivity index (χ1) is 8.08. The Balaban J connectivity index is 2.11. The van der Waals surface area contributed by atoms with E-state index < -0.39 is 0 Å². The van der Waals surface area contributed by atoms with Crippen LogP contribution in [0, 0.1) is 0 Å². The van der Waals surface area contributed by atoms with Gasteiger partial charge in [-0.25, -0.2) is 9.97 Å². The molecule has 6 nitrogen and oxygen atoms in total. The second-order valence-electron chi connectivity index (χ2n) is 3.71. The van der Waals surface area contributed by atoms with Crippen LogP contribution in [0.2, 0.25) is 0 Å². The molecule has 0 aliphatic heterocycles. The third-order valence-electron chi connectivity index (χ3n) is 2.26. The molecule has 0 aromatic carbocycles. The van der Waals surface area contributed by atoms with Crippen molar-refractivity contribution in [2.45, 2.75) is 13.0 Å². The summed E-state index contributed by atoms with van der Waals surface area (Å²) < 4.78 is 1.65. The zero-order valence-electron chi connectivity index (χ0n) is 9.54. The number of anilines is 1. The molecule has 17 heavy (non-hydrogen) atoms. The molecule has 0 fully saturated rings. The Morgan fingerprint density at radius 1 is 1.65 bits per heavy atom. The van der Waals surface area contributed by atoms with E-state index in [0.29, 0.717) is 10.8 Å². The van der Waals surface area contributed by atoms with Crippen molar-refractivity contribution in [3.8, 4) is 0 Å². The van der Waals surface area contributed by atoms with Gasteiger partial charge in [-0.15, -0.1) is 11.3 Å². The smallest absolute Gasteiger partial charge is 0.275 e. The summed E-state index contributed by atoms with van der Waals surface area (Å²) in [5.74, 6) is -0.226. The third kappa shape index (κ3) is 2.51. The Morgan fingerprint density at radius 3 is 2.94 bits per heavy atom. The SMILES string of the molecule is CC(N)c1csc(NC(=O)c2cncn2C)n1. The highest BCUT2D eigenvalue weighted by atomic mass is 32.1. The fourth-order valence-corrected chi connectivity index (χ4v) is 2.10. The van der Waals surface area contributed by atoms with E-state index in [4.69, 9.17) is 5.73 Å². The van der Waals surface area contributed by atoms with Crippen LogP contribution in [0.15, 0.2) is 17.9 Å². The molecule has 0 aliphatic carbocycles. The van der Waals surface area contributed by atoms with Gasteiger partial charge in [0.2, 0.25) is 0 Å². The highest BCUT2D eigenvalue weighted by Crippen LogP contribution is 2.19. The zero-order valence-corrected chi connectivity index (χ0v) is 10.4. The summed E-state index contributed by atoms with van der Waals surface area (Å²) in [7, 11) is 1.76. The van der Waals surface area contributed by atoms with E-state index in [1.165, 1.54) is 17.5 Å². The number of carbonyl (C=O) groups excluding carboxylic acids is 1. The number of rotatable bonds is 3. The molecule has 2 aromatic rings. The molecule has 0 saturated heterocycles. The van der Waals surface area contributed by atoms with E-state index in [1.54, 1.807) is 17.9 Å². The van der Waals surface area contributed by atoms with Gasteiger partial charge in [0.1, 0.15) is 5.69 Å². The van der Waals surface area contributed by atoms with Crippen LogP contribution in [0.3, 0.4) is 0 Å². The lowest BCUT2D eigenvalue weighted by Gasteiger charge is -2.02. The van der Waals surface area contributed by atoms with Crippen LogP contribution in [0.1, 0.15) is 29.1 Å². The molecule has 1 amide bonds. The first kappa shape index (κ1) is 11.7. The van der Waals surface area contributed by atoms with Crippen LogP contribution in [0.25, 0.3) is 0 Å². The molecule has 1 unspecified atom stereocenters. The van der Waals surface area contributed by atoms with E-state index in [1.807, 2.05) is 12.3 Å². The summed E-state index contributed by atoms with van der Waals surface area (Å²) in [4.78, 5) is 19.9. The molecule has 0 saturated carbocycles. The Bertz CT molecular complexity index is 530. The average molecular weight is 251 g/mol. The maximum atomic E-state index is 11.8. The Morgan fingerprint density at radius 2 is 2.41 bits per heavy atom. The molecule has 90 valence electrons. The number of nitrogens with one attached hydrogen (secondary N) is 1. The highest BCUT2D eigenvalue weighted by Gasteiger charge is 2.12. The number of aromatic nitrogens is 3. The van der Waals surface area contributed by atoms with E-state index in [0.717, 1.165) is 5.69 Å². The maximum Gasteiger partial charge on any atom is 0.275 e. The lowest BCUT2D eigenvalue weighted by atomic mass is 10.3. The van der Waals surface area contributed by atoms with Gasteiger partial charge in [-0.3, -0.25) is 10.1 Å². The predicted molar refractivity (Wildman–Crippen MR) is 65.9 cm³/mol. The van der Waals surface area contributed by atoms with Gasteiger partial charge < -0.3 is 10.3 Å². The van der Waals surface area contributed by atoms with Crippen molar-refractivity contribution in [2.24, 2.45) is 12.8 Å². The molecule has 2 rings (SSSR count). The number of hydrogen-bond acceptors (Lipinski definition) is 5. The van der Waals surface area contributed by atoms with Gasteiger partial charge in [0.05, 0.1) is 18.2 Å². The van der Waals surface area contributed by atoms with E-state index >= 15 is 0 Å². The van der Waals surface area contributed by atoms with Gasteiger partial charge >= 0.3 is 0 Å². The van der Waals surface area contributed by atoms with Gasteiger partial charge in [-0.2, -0.15) is 0 Å². The van der Waals surface area contributed by atoms with E-state index in [9.17, 15) is 4.79 Å². The molecular formula is C10H13N5OS. The van der Waals surface area contributed by atoms with Crippen molar-refractivity contribution in [3.63, 3.8) is 0 Å². The van der Waals surface area contributed by atoms with E-state index in [-0.39, 0.29) is 11.9 Å². The van der Waals surface area contributed by atoms with Gasteiger partial charge in [0, 0.05) is 18.5 Å². The van der Waals surface area contributed by atoms with Gasteiger partial charge in [-0.05, 0) is 6.92 Å². The minimum atomic E-state index is -0.226. The topological polar surface area (TPSA) is 85.8 Å². The van der Waals surface area contributed by atoms with Crippen molar-refractivity contribution >= 4 is 22.4 Å². The Kier molecular flexibility index (Phi) is 3.21. The number of thiazole rings is 1. The average Bonchev–Trinajstić information content (AvgIpc) is 2.86.